The van der Waals surface area contributed by atoms with Crippen molar-refractivity contribution in [2.75, 3.05) is 38.2 Å². The summed E-state index contributed by atoms with van der Waals surface area (Å²) < 4.78 is 85.7. The molecule has 2 amide bonds. The maximum atomic E-state index is 14.3. The van der Waals surface area contributed by atoms with E-state index in [-0.39, 0.29) is 50.4 Å². The van der Waals surface area contributed by atoms with Gasteiger partial charge in [-0.15, -0.1) is 11.8 Å². The largest absolute Gasteiger partial charge is 0.481 e. The Balaban J connectivity index is 0.000000219. The number of urea groups is 1. The van der Waals surface area contributed by atoms with Crippen LogP contribution in [0.2, 0.25) is 5.02 Å². The van der Waals surface area contributed by atoms with Gasteiger partial charge >= 0.3 is 16.9 Å². The average Bonchev–Trinajstić information content (AvgIpc) is 3.74. The number of ether oxygens (including phenoxy) is 3. The first-order valence-electron chi connectivity index (χ1n) is 16.2. The monoisotopic (exact) mass is 873 g/mol. The summed E-state index contributed by atoms with van der Waals surface area (Å²) in [7, 11) is -4.75. The molecule has 56 heavy (non-hydrogen) atoms. The van der Waals surface area contributed by atoms with Gasteiger partial charge in [-0.2, -0.15) is 18.4 Å². The minimum Gasteiger partial charge on any atom is -0.481 e. The number of hydrogen-bond acceptors (Lipinski definition) is 16. The molecule has 0 saturated heterocycles. The molecular weight excluding hydrogens is 841 g/mol. The van der Waals surface area contributed by atoms with Gasteiger partial charge in [-0.1, -0.05) is 24.6 Å². The second-order valence-electron chi connectivity index (χ2n) is 11.2. The van der Waals surface area contributed by atoms with E-state index in [4.69, 9.17) is 21.1 Å². The van der Waals surface area contributed by atoms with Gasteiger partial charge in [0.15, 0.2) is 19.9 Å². The molecular formula is C31H33ClFN9O10S4. The zero-order valence-electron chi connectivity index (χ0n) is 29.9. The molecule has 0 unspecified atom stereocenters. The lowest BCUT2D eigenvalue weighted by atomic mass is 10.3. The number of thioether (sulfide) groups is 1. The minimum absolute atomic E-state index is 0.0584. The Morgan fingerprint density at radius 2 is 1.70 bits per heavy atom. The smallest absolute Gasteiger partial charge is 0.335 e. The van der Waals surface area contributed by atoms with Crippen LogP contribution >= 0.6 is 34.7 Å². The van der Waals surface area contributed by atoms with Crippen LogP contribution in [-0.4, -0.2) is 90.4 Å². The molecule has 5 heterocycles. The van der Waals surface area contributed by atoms with E-state index in [1.165, 1.54) is 58.7 Å². The molecule has 1 aliphatic rings. The lowest BCUT2D eigenvalue weighted by molar-refractivity contribution is -0.137. The second kappa shape index (κ2) is 17.8. The van der Waals surface area contributed by atoms with E-state index in [1.807, 2.05) is 0 Å². The van der Waals surface area contributed by atoms with Crippen LogP contribution in [0.4, 0.5) is 20.8 Å². The zero-order valence-corrected chi connectivity index (χ0v) is 33.9. The third kappa shape index (κ3) is 9.66. The van der Waals surface area contributed by atoms with Crippen LogP contribution in [0, 0.1) is 5.82 Å². The van der Waals surface area contributed by atoms with Gasteiger partial charge in [0.2, 0.25) is 22.5 Å². The molecule has 19 nitrogen and oxygen atoms in total. The summed E-state index contributed by atoms with van der Waals surface area (Å²) in [5, 5.41) is 0.982. The molecule has 0 spiro atoms. The number of halogens is 2. The predicted molar refractivity (Wildman–Crippen MR) is 203 cm³/mol. The summed E-state index contributed by atoms with van der Waals surface area (Å²) >= 11 is 8.17. The highest BCUT2D eigenvalue weighted by molar-refractivity contribution is 8.00. The first-order valence-corrected chi connectivity index (χ1v) is 21.5. The number of aromatic nitrogens is 6. The Kier molecular flexibility index (Phi) is 13.4. The molecule has 5 aromatic rings. The molecule has 0 aliphatic carbocycles. The molecule has 0 atom stereocenters. The number of sulfonamides is 1. The number of carbonyl (C=O) groups is 2. The summed E-state index contributed by atoms with van der Waals surface area (Å²) in [6.45, 7) is 2.67. The summed E-state index contributed by atoms with van der Waals surface area (Å²) in [5.41, 5.74) is 0.163. The van der Waals surface area contributed by atoms with Crippen LogP contribution in [-0.2, 0) is 42.5 Å². The number of anilines is 1. The first kappa shape index (κ1) is 42.1. The van der Waals surface area contributed by atoms with E-state index in [9.17, 15) is 35.6 Å². The lowest BCUT2D eigenvalue weighted by Gasteiger charge is -2.15. The van der Waals surface area contributed by atoms with Crippen LogP contribution in [0.15, 0.2) is 67.3 Å². The summed E-state index contributed by atoms with van der Waals surface area (Å²) in [6, 6.07) is 7.25. The fraction of sp³-hybridized carbons (Fsp3) is 0.323. The van der Waals surface area contributed by atoms with Crippen molar-refractivity contribution in [2.24, 2.45) is 4.99 Å². The van der Waals surface area contributed by atoms with Gasteiger partial charge in [-0.25, -0.2) is 37.0 Å². The molecule has 0 saturated carbocycles. The number of pyridine rings is 1. The van der Waals surface area contributed by atoms with E-state index in [2.05, 4.69) is 30.0 Å². The standard InChI is InChI=1S/C16H18N6O7S2.C15H15ClFN3O3S2/c1-4-30(24,25)13-14(22-8-6-5-7-10(22)17-13)31(26,27)21-16(23)20-15-18-11(28-2)9-12(19-15)29-3;1-23-13(21)8-24-12-7-11(10(17)6-9(12)16)18-14-19-4-2-3-5-20(19)15(22)25-14/h5-9H,4H2,1-3H3,(H2,18,19,20,21,23);6-7H,2-5,8H2,1H3/b;18-14-. The van der Waals surface area contributed by atoms with Crippen molar-refractivity contribution in [3.05, 3.63) is 67.9 Å². The van der Waals surface area contributed by atoms with Crippen molar-refractivity contribution in [1.29, 1.82) is 0 Å². The van der Waals surface area contributed by atoms with Gasteiger partial charge in [0, 0.05) is 24.2 Å². The molecule has 1 aliphatic heterocycles. The highest BCUT2D eigenvalue weighted by atomic mass is 35.5. The molecule has 300 valence electrons. The summed E-state index contributed by atoms with van der Waals surface area (Å²) in [4.78, 5) is 52.5. The predicted octanol–water partition coefficient (Wildman–Crippen LogP) is 3.24. The Morgan fingerprint density at radius 3 is 2.34 bits per heavy atom. The molecule has 0 fully saturated rings. The van der Waals surface area contributed by atoms with E-state index in [0.29, 0.717) is 22.8 Å². The average molecular weight is 874 g/mol. The molecule has 2 N–H and O–H groups in total. The number of imidazole rings is 1. The van der Waals surface area contributed by atoms with Crippen LogP contribution < -0.4 is 29.2 Å². The highest BCUT2D eigenvalue weighted by Crippen LogP contribution is 2.33. The number of amides is 2. The SMILES string of the molecule is CCS(=O)(=O)c1nc2ccccn2c1S(=O)(=O)NC(=O)Nc1nc(OC)cc(OC)n1.COC(=O)CSc1cc(/N=c2\sc(=O)n3n2CCCC3)c(F)cc1Cl. The van der Waals surface area contributed by atoms with Gasteiger partial charge in [0.1, 0.15) is 17.2 Å². The molecule has 1 aromatic carbocycles. The topological polar surface area (TPSA) is 237 Å². The molecule has 4 aromatic heterocycles. The van der Waals surface area contributed by atoms with Crippen molar-refractivity contribution < 1.29 is 45.0 Å². The number of hydrogen-bond donors (Lipinski definition) is 2. The number of methoxy groups -OCH3 is 3. The van der Waals surface area contributed by atoms with Crippen molar-refractivity contribution >= 4 is 83.8 Å². The zero-order chi connectivity index (χ0) is 40.8. The third-order valence-electron chi connectivity index (χ3n) is 7.62. The number of benzene rings is 1. The minimum atomic E-state index is -4.68. The first-order chi connectivity index (χ1) is 26.6. The van der Waals surface area contributed by atoms with Crippen LogP contribution in [0.25, 0.3) is 5.65 Å². The Hall–Kier alpha value is -5.04. The molecule has 25 heteroatoms. The summed E-state index contributed by atoms with van der Waals surface area (Å²) in [6.07, 6.45) is 3.21. The normalized spacial score (nSPS) is 13.0. The number of esters is 1. The maximum absolute atomic E-state index is 14.3. The lowest BCUT2D eigenvalue weighted by Crippen LogP contribution is -2.36. The van der Waals surface area contributed by atoms with E-state index in [0.717, 1.165) is 46.4 Å². The number of carbonyl (C=O) groups excluding carboxylic acids is 2. The summed E-state index contributed by atoms with van der Waals surface area (Å²) in [5.74, 6) is -1.49. The molecule has 0 bridgehead atoms. The number of rotatable bonds is 11. The Labute approximate surface area is 331 Å². The number of nitrogens with zero attached hydrogens (tertiary/aromatic N) is 7. The highest BCUT2D eigenvalue weighted by Gasteiger charge is 2.33. The fourth-order valence-corrected chi connectivity index (χ4v) is 9.58. The van der Waals surface area contributed by atoms with Gasteiger partial charge < -0.3 is 14.2 Å². The van der Waals surface area contributed by atoms with Gasteiger partial charge in [-0.3, -0.25) is 24.0 Å². The van der Waals surface area contributed by atoms with Gasteiger partial charge in [0.25, 0.3) is 10.0 Å². The van der Waals surface area contributed by atoms with Crippen LogP contribution in [0.3, 0.4) is 0 Å². The van der Waals surface area contributed by atoms with E-state index in [1.54, 1.807) is 20.2 Å². The second-order valence-corrected chi connectivity index (χ2v) is 17.3. The van der Waals surface area contributed by atoms with Crippen LogP contribution in [0.1, 0.15) is 19.8 Å². The van der Waals surface area contributed by atoms with E-state index >= 15 is 0 Å². The molecule has 6 rings (SSSR count). The quantitative estimate of drug-likeness (QED) is 0.143. The number of sulfone groups is 1. The van der Waals surface area contributed by atoms with Crippen molar-refractivity contribution in [3.63, 3.8) is 0 Å². The van der Waals surface area contributed by atoms with Crippen molar-refractivity contribution in [3.8, 4) is 11.8 Å². The Morgan fingerprint density at radius 1 is 1.02 bits per heavy atom. The number of fused-ring (bicyclic) bond motifs is 2. The maximum Gasteiger partial charge on any atom is 0.335 e. The Bertz CT molecular complexity index is 2620. The third-order valence-corrected chi connectivity index (χ3v) is 13.1. The van der Waals surface area contributed by atoms with Gasteiger partial charge in [0.05, 0.1) is 43.9 Å². The fourth-order valence-electron chi connectivity index (χ4n) is 4.93. The van der Waals surface area contributed by atoms with Gasteiger partial charge in [-0.05, 0) is 48.4 Å². The van der Waals surface area contributed by atoms with Crippen molar-refractivity contribution in [1.82, 2.24) is 33.4 Å². The van der Waals surface area contributed by atoms with Crippen LogP contribution in [0.5, 0.6) is 11.8 Å². The molecule has 0 radical (unpaired) electrons. The van der Waals surface area contributed by atoms with E-state index < -0.39 is 47.7 Å². The number of nitrogens with one attached hydrogen (secondary N) is 2. The van der Waals surface area contributed by atoms with Crippen molar-refractivity contribution in [2.45, 2.75) is 47.8 Å².